The second-order valence-electron chi connectivity index (χ2n) is 3.10. The quantitative estimate of drug-likeness (QED) is 0.322. The second kappa shape index (κ2) is 3.92. The molecule has 0 spiro atoms. The van der Waals surface area contributed by atoms with Gasteiger partial charge in [0.2, 0.25) is 0 Å². The summed E-state index contributed by atoms with van der Waals surface area (Å²) < 4.78 is 0. The maximum absolute atomic E-state index is 10.2. The van der Waals surface area contributed by atoms with E-state index in [1.54, 1.807) is 0 Å². The van der Waals surface area contributed by atoms with Gasteiger partial charge >= 0.3 is 0 Å². The minimum atomic E-state index is -0.582. The molecule has 2 aromatic carbocycles. The molecule has 15 heavy (non-hydrogen) atoms. The third-order valence-electron chi connectivity index (χ3n) is 2.15. The highest BCUT2D eigenvalue weighted by Crippen LogP contribution is 2.19. The maximum Gasteiger partial charge on any atom is 0.121 e. The molecular formula is C12H8NO2-. The van der Waals surface area contributed by atoms with Gasteiger partial charge in [0, 0.05) is 0 Å². The van der Waals surface area contributed by atoms with Gasteiger partial charge in [-0.1, -0.05) is 41.8 Å². The molecule has 74 valence electrons. The third-order valence-corrected chi connectivity index (χ3v) is 2.15. The largest absolute Gasteiger partial charge is 0.278 e. The van der Waals surface area contributed by atoms with Crippen molar-refractivity contribution < 1.29 is 4.92 Å². The number of nitrogens with zero attached hydrogens (tertiary/aromatic N) is 1. The van der Waals surface area contributed by atoms with Crippen molar-refractivity contribution >= 4 is 16.8 Å². The first-order chi connectivity index (χ1) is 7.27. The van der Waals surface area contributed by atoms with Crippen LogP contribution >= 0.6 is 0 Å². The number of benzene rings is 2. The lowest BCUT2D eigenvalue weighted by molar-refractivity contribution is -0.417. The Labute approximate surface area is 86.8 Å². The Morgan fingerprint density at radius 1 is 1.13 bits per heavy atom. The van der Waals surface area contributed by atoms with E-state index in [1.807, 2.05) is 42.5 Å². The van der Waals surface area contributed by atoms with Crippen molar-refractivity contribution in [2.75, 3.05) is 0 Å². The molecule has 2 rings (SSSR count). The molecule has 0 aliphatic rings. The predicted octanol–water partition coefficient (Wildman–Crippen LogP) is 2.89. The van der Waals surface area contributed by atoms with Crippen LogP contribution in [-0.2, 0) is 0 Å². The van der Waals surface area contributed by atoms with Crippen molar-refractivity contribution in [1.82, 2.24) is 0 Å². The van der Waals surface area contributed by atoms with Crippen LogP contribution in [0.1, 0.15) is 5.56 Å². The molecular weight excluding hydrogens is 190 g/mol. The first kappa shape index (κ1) is 9.40. The fourth-order valence-electron chi connectivity index (χ4n) is 1.50. The molecule has 0 aromatic heterocycles. The minimum absolute atomic E-state index is 0.582. The molecule has 0 N–H and O–H groups in total. The van der Waals surface area contributed by atoms with E-state index in [0.717, 1.165) is 16.3 Å². The van der Waals surface area contributed by atoms with Gasteiger partial charge in [-0.15, -0.1) is 6.07 Å². The summed E-state index contributed by atoms with van der Waals surface area (Å²) in [5.74, 6) is 0. The molecule has 0 saturated heterocycles. The van der Waals surface area contributed by atoms with Gasteiger partial charge in [0.05, 0.1) is 0 Å². The summed E-state index contributed by atoms with van der Waals surface area (Å²) in [6, 6.07) is 13.4. The van der Waals surface area contributed by atoms with Crippen LogP contribution in [0.25, 0.3) is 16.8 Å². The smallest absolute Gasteiger partial charge is 0.121 e. The molecule has 0 bridgehead atoms. The van der Waals surface area contributed by atoms with Crippen LogP contribution in [0.15, 0.2) is 42.5 Å². The highest BCUT2D eigenvalue weighted by atomic mass is 16.6. The lowest BCUT2D eigenvalue weighted by Crippen LogP contribution is -1.84. The first-order valence-electron chi connectivity index (χ1n) is 4.49. The van der Waals surface area contributed by atoms with E-state index in [1.165, 1.54) is 6.08 Å². The van der Waals surface area contributed by atoms with Crippen LogP contribution in [0.3, 0.4) is 0 Å². The van der Waals surface area contributed by atoms with Crippen molar-refractivity contribution in [3.63, 3.8) is 0 Å². The minimum Gasteiger partial charge on any atom is -0.278 e. The van der Waals surface area contributed by atoms with Crippen molar-refractivity contribution in [2.45, 2.75) is 0 Å². The molecule has 0 amide bonds. The molecule has 0 unspecified atom stereocenters. The summed E-state index contributed by atoms with van der Waals surface area (Å²) in [5.41, 5.74) is 0.810. The molecule has 0 heterocycles. The number of hydrogen-bond acceptors (Lipinski definition) is 2. The molecule has 3 nitrogen and oxygen atoms in total. The normalized spacial score (nSPS) is 10.9. The molecule has 0 aliphatic heterocycles. The van der Waals surface area contributed by atoms with E-state index >= 15 is 0 Å². The van der Waals surface area contributed by atoms with E-state index in [2.05, 4.69) is 6.20 Å². The Morgan fingerprint density at radius 3 is 2.67 bits per heavy atom. The van der Waals surface area contributed by atoms with Crippen LogP contribution < -0.4 is 0 Å². The van der Waals surface area contributed by atoms with Gasteiger partial charge in [0.15, 0.2) is 0 Å². The number of fused-ring (bicyclic) bond motifs is 1. The third kappa shape index (κ3) is 2.02. The van der Waals surface area contributed by atoms with Gasteiger partial charge in [0.1, 0.15) is 6.20 Å². The number of nitro groups is 1. The molecule has 0 atom stereocenters. The molecule has 2 aromatic rings. The van der Waals surface area contributed by atoms with Gasteiger partial charge < -0.3 is 0 Å². The zero-order valence-electron chi connectivity index (χ0n) is 7.88. The average Bonchev–Trinajstić information content (AvgIpc) is 2.26. The SMILES string of the molecule is O=[N+]([O-])[C-]=Cc1cccc2ccccc12. The fraction of sp³-hybridized carbons (Fsp3) is 0. The van der Waals surface area contributed by atoms with Gasteiger partial charge in [-0.3, -0.25) is 10.1 Å². The average molecular weight is 198 g/mol. The second-order valence-corrected chi connectivity index (χ2v) is 3.10. The van der Waals surface area contributed by atoms with Crippen molar-refractivity contribution in [3.8, 4) is 0 Å². The Bertz CT molecular complexity index is 527. The van der Waals surface area contributed by atoms with E-state index < -0.39 is 4.92 Å². The highest BCUT2D eigenvalue weighted by Gasteiger charge is 1.89. The lowest BCUT2D eigenvalue weighted by atomic mass is 10.0. The summed E-state index contributed by atoms with van der Waals surface area (Å²) in [7, 11) is 0. The predicted molar refractivity (Wildman–Crippen MR) is 58.6 cm³/mol. The summed E-state index contributed by atoms with van der Waals surface area (Å²) >= 11 is 0. The topological polar surface area (TPSA) is 43.1 Å². The van der Waals surface area contributed by atoms with Crippen molar-refractivity contribution in [1.29, 1.82) is 0 Å². The molecule has 0 fully saturated rings. The first-order valence-corrected chi connectivity index (χ1v) is 4.49. The van der Waals surface area contributed by atoms with E-state index in [4.69, 9.17) is 0 Å². The van der Waals surface area contributed by atoms with Crippen LogP contribution in [0.2, 0.25) is 0 Å². The monoisotopic (exact) mass is 198 g/mol. The highest BCUT2D eigenvalue weighted by molar-refractivity contribution is 5.90. The van der Waals surface area contributed by atoms with Crippen LogP contribution in [0, 0.1) is 16.3 Å². The molecule has 3 heteroatoms. The molecule has 0 radical (unpaired) electrons. The molecule has 0 aliphatic carbocycles. The maximum atomic E-state index is 10.2. The van der Waals surface area contributed by atoms with Crippen molar-refractivity contribution in [2.24, 2.45) is 0 Å². The fourth-order valence-corrected chi connectivity index (χ4v) is 1.50. The standard InChI is InChI=1S/C12H8NO2/c14-13(15)9-8-11-6-3-5-10-4-1-2-7-12(10)11/h1-8H/q-1. The number of rotatable bonds is 2. The van der Waals surface area contributed by atoms with E-state index in [-0.39, 0.29) is 0 Å². The summed E-state index contributed by atoms with van der Waals surface area (Å²) in [6.07, 6.45) is 3.44. The summed E-state index contributed by atoms with van der Waals surface area (Å²) in [5, 5.41) is 12.2. The van der Waals surface area contributed by atoms with Gasteiger partial charge in [0.25, 0.3) is 0 Å². The van der Waals surface area contributed by atoms with Gasteiger partial charge in [-0.2, -0.15) is 11.6 Å². The van der Waals surface area contributed by atoms with Crippen LogP contribution in [-0.4, -0.2) is 4.92 Å². The molecule has 0 saturated carbocycles. The Morgan fingerprint density at radius 2 is 1.87 bits per heavy atom. The lowest BCUT2D eigenvalue weighted by Gasteiger charge is -2.07. The Hall–Kier alpha value is -2.16. The van der Waals surface area contributed by atoms with Crippen molar-refractivity contribution in [3.05, 3.63) is 64.3 Å². The number of hydrogen-bond donors (Lipinski definition) is 0. The van der Waals surface area contributed by atoms with Gasteiger partial charge in [-0.05, 0) is 10.3 Å². The zero-order chi connectivity index (χ0) is 10.7. The van der Waals surface area contributed by atoms with Gasteiger partial charge in [-0.25, -0.2) is 0 Å². The zero-order valence-corrected chi connectivity index (χ0v) is 7.88. The summed E-state index contributed by atoms with van der Waals surface area (Å²) in [4.78, 5) is 9.59. The van der Waals surface area contributed by atoms with E-state index in [9.17, 15) is 10.1 Å². The Balaban J connectivity index is 2.56. The Kier molecular flexibility index (Phi) is 2.46. The summed E-state index contributed by atoms with van der Waals surface area (Å²) in [6.45, 7) is 0. The van der Waals surface area contributed by atoms with Crippen LogP contribution in [0.5, 0.6) is 0 Å². The van der Waals surface area contributed by atoms with E-state index in [0.29, 0.717) is 0 Å². The van der Waals surface area contributed by atoms with Crippen LogP contribution in [0.4, 0.5) is 0 Å².